The Morgan fingerprint density at radius 3 is 1.74 bits per heavy atom. The van der Waals surface area contributed by atoms with E-state index in [0.717, 1.165) is 11.5 Å². The maximum Gasteiger partial charge on any atom is 0.289 e. The molecule has 0 saturated heterocycles. The Hall–Kier alpha value is -4.01. The minimum Gasteiger partial charge on any atom is -0.347 e. The summed E-state index contributed by atoms with van der Waals surface area (Å²) in [7, 11) is 0. The van der Waals surface area contributed by atoms with E-state index in [9.17, 15) is 24.0 Å². The molecule has 1 atom stereocenters. The lowest BCUT2D eigenvalue weighted by Gasteiger charge is -2.14. The van der Waals surface area contributed by atoms with Crippen molar-refractivity contribution in [1.82, 2.24) is 21.3 Å². The Morgan fingerprint density at radius 1 is 0.711 bits per heavy atom. The van der Waals surface area contributed by atoms with Crippen LogP contribution in [0.4, 0.5) is 0 Å². The summed E-state index contributed by atoms with van der Waals surface area (Å²) < 4.78 is 0. The lowest BCUT2D eigenvalue weighted by atomic mass is 10.2. The highest BCUT2D eigenvalue weighted by atomic mass is 16.2. The fourth-order valence-electron chi connectivity index (χ4n) is 2.49. The number of benzene rings is 2. The van der Waals surface area contributed by atoms with E-state index in [0.29, 0.717) is 5.56 Å². The molecule has 0 radical (unpaired) electrons. The first-order chi connectivity index (χ1) is 18.0. The van der Waals surface area contributed by atoms with E-state index in [1.807, 2.05) is 18.2 Å². The number of carbonyl (C=O) groups excluding carboxylic acids is 5. The molecule has 9 heteroatoms. The summed E-state index contributed by atoms with van der Waals surface area (Å²) in [5.74, 6) is -2.41. The van der Waals surface area contributed by atoms with Gasteiger partial charge in [-0.1, -0.05) is 89.6 Å². The van der Waals surface area contributed by atoms with Gasteiger partial charge in [-0.2, -0.15) is 0 Å². The zero-order valence-electron chi connectivity index (χ0n) is 23.3. The molecule has 0 aliphatic heterocycles. The van der Waals surface area contributed by atoms with Gasteiger partial charge in [-0.05, 0) is 30.5 Å². The van der Waals surface area contributed by atoms with Crippen molar-refractivity contribution in [1.29, 1.82) is 0 Å². The topological polar surface area (TPSA) is 133 Å². The minimum atomic E-state index is -0.957. The van der Waals surface area contributed by atoms with Crippen LogP contribution in [-0.2, 0) is 25.7 Å². The quantitative estimate of drug-likeness (QED) is 0.353. The van der Waals surface area contributed by atoms with Crippen molar-refractivity contribution < 1.29 is 24.0 Å². The van der Waals surface area contributed by atoms with Gasteiger partial charge in [-0.25, -0.2) is 0 Å². The van der Waals surface area contributed by atoms with Crippen LogP contribution in [0.15, 0.2) is 60.7 Å². The predicted octanol–water partition coefficient (Wildman–Crippen LogP) is 3.00. The molecular weight excluding hydrogens is 484 g/mol. The SMILES string of the molecule is CC(C)C.CCC.C[C@H](NC(=O)CNC(=O)c1ccccc1)C(=O)NCC(=O)C(=O)NCc1ccccc1. The Kier molecular flexibility index (Phi) is 18.0. The fourth-order valence-corrected chi connectivity index (χ4v) is 2.49. The monoisotopic (exact) mass is 526 g/mol. The van der Waals surface area contributed by atoms with Gasteiger partial charge in [0.2, 0.25) is 17.6 Å². The van der Waals surface area contributed by atoms with Gasteiger partial charge in [0.15, 0.2) is 0 Å². The van der Waals surface area contributed by atoms with Crippen LogP contribution in [0.1, 0.15) is 63.9 Å². The lowest BCUT2D eigenvalue weighted by molar-refractivity contribution is -0.138. The highest BCUT2D eigenvalue weighted by Crippen LogP contribution is 1.98. The lowest BCUT2D eigenvalue weighted by Crippen LogP contribution is -2.49. The zero-order chi connectivity index (χ0) is 28.9. The average Bonchev–Trinajstić information content (AvgIpc) is 2.89. The number of hydrogen-bond acceptors (Lipinski definition) is 5. The van der Waals surface area contributed by atoms with Gasteiger partial charge in [0.05, 0.1) is 13.1 Å². The van der Waals surface area contributed by atoms with Gasteiger partial charge in [-0.3, -0.25) is 24.0 Å². The molecule has 2 rings (SSSR count). The largest absolute Gasteiger partial charge is 0.347 e. The molecule has 208 valence electrons. The number of hydrogen-bond donors (Lipinski definition) is 4. The summed E-state index contributed by atoms with van der Waals surface area (Å²) in [4.78, 5) is 59.6. The van der Waals surface area contributed by atoms with Gasteiger partial charge in [-0.15, -0.1) is 0 Å². The summed E-state index contributed by atoms with van der Waals surface area (Å²) in [6, 6.07) is 16.5. The molecule has 4 N–H and O–H groups in total. The van der Waals surface area contributed by atoms with Gasteiger partial charge in [0.1, 0.15) is 6.04 Å². The molecule has 0 spiro atoms. The fraction of sp³-hybridized carbons (Fsp3) is 0.414. The van der Waals surface area contributed by atoms with E-state index in [1.165, 1.54) is 13.3 Å². The molecule has 0 aliphatic rings. The predicted molar refractivity (Wildman–Crippen MR) is 149 cm³/mol. The molecule has 0 bridgehead atoms. The molecule has 38 heavy (non-hydrogen) atoms. The van der Waals surface area contributed by atoms with Crippen molar-refractivity contribution in [2.45, 2.75) is 60.5 Å². The Labute approximate surface area is 226 Å². The molecule has 0 aliphatic carbocycles. The molecule has 2 aromatic rings. The van der Waals surface area contributed by atoms with Crippen LogP contribution in [0.5, 0.6) is 0 Å². The Balaban J connectivity index is 0.00000175. The molecule has 4 amide bonds. The Bertz CT molecular complexity index is 992. The summed E-state index contributed by atoms with van der Waals surface area (Å²) in [6.45, 7) is 11.6. The van der Waals surface area contributed by atoms with Crippen LogP contribution in [0.3, 0.4) is 0 Å². The number of ketones is 1. The van der Waals surface area contributed by atoms with Crippen molar-refractivity contribution in [3.63, 3.8) is 0 Å². The zero-order valence-corrected chi connectivity index (χ0v) is 23.3. The molecule has 9 nitrogen and oxygen atoms in total. The number of Topliss-reactive ketones (excluding diaryl/α,β-unsaturated/α-hetero) is 1. The van der Waals surface area contributed by atoms with E-state index in [1.54, 1.807) is 42.5 Å². The van der Waals surface area contributed by atoms with Crippen molar-refractivity contribution >= 4 is 29.4 Å². The smallest absolute Gasteiger partial charge is 0.289 e. The third-order valence-electron chi connectivity index (χ3n) is 4.19. The minimum absolute atomic E-state index is 0.195. The first-order valence-corrected chi connectivity index (χ1v) is 12.8. The van der Waals surface area contributed by atoms with E-state index in [4.69, 9.17) is 0 Å². The molecule has 0 aromatic heterocycles. The van der Waals surface area contributed by atoms with Gasteiger partial charge in [0, 0.05) is 12.1 Å². The maximum absolute atomic E-state index is 12.0. The van der Waals surface area contributed by atoms with Crippen molar-refractivity contribution in [2.75, 3.05) is 13.1 Å². The first kappa shape index (κ1) is 34.0. The number of nitrogens with one attached hydrogen (secondary N) is 4. The summed E-state index contributed by atoms with van der Waals surface area (Å²) in [5, 5.41) is 9.64. The van der Waals surface area contributed by atoms with Crippen LogP contribution in [0.25, 0.3) is 0 Å². The summed E-state index contributed by atoms with van der Waals surface area (Å²) >= 11 is 0. The van der Waals surface area contributed by atoms with Crippen LogP contribution in [0.2, 0.25) is 0 Å². The second-order valence-corrected chi connectivity index (χ2v) is 9.09. The van der Waals surface area contributed by atoms with Gasteiger partial charge >= 0.3 is 0 Å². The third kappa shape index (κ3) is 16.6. The molecule has 0 unspecified atom stereocenters. The van der Waals surface area contributed by atoms with Crippen LogP contribution >= 0.6 is 0 Å². The van der Waals surface area contributed by atoms with E-state index >= 15 is 0 Å². The average molecular weight is 527 g/mol. The molecular formula is C29H42N4O5. The number of amides is 4. The second kappa shape index (κ2) is 20.1. The van der Waals surface area contributed by atoms with Crippen molar-refractivity contribution in [3.8, 4) is 0 Å². The summed E-state index contributed by atoms with van der Waals surface area (Å²) in [6.07, 6.45) is 1.25. The number of rotatable bonds is 10. The van der Waals surface area contributed by atoms with Crippen LogP contribution in [-0.4, -0.2) is 48.5 Å². The van der Waals surface area contributed by atoms with E-state index in [-0.39, 0.29) is 13.1 Å². The van der Waals surface area contributed by atoms with E-state index < -0.39 is 42.0 Å². The first-order valence-electron chi connectivity index (χ1n) is 12.8. The second-order valence-electron chi connectivity index (χ2n) is 9.09. The molecule has 0 fully saturated rings. The normalized spacial score (nSPS) is 10.4. The molecule has 0 saturated carbocycles. The van der Waals surface area contributed by atoms with Crippen molar-refractivity contribution in [2.24, 2.45) is 5.92 Å². The highest BCUT2D eigenvalue weighted by Gasteiger charge is 2.19. The van der Waals surface area contributed by atoms with Crippen LogP contribution < -0.4 is 21.3 Å². The third-order valence-corrected chi connectivity index (χ3v) is 4.19. The number of carbonyl (C=O) groups is 5. The molecule has 0 heterocycles. The molecule has 2 aromatic carbocycles. The standard InChI is InChI=1S/C22H24N4O5.C4H10.C3H8/c1-15(26-19(28)14-25-21(30)17-10-6-3-7-11-17)20(29)24-13-18(27)22(31)23-12-16-8-4-2-5-9-16;1-4(2)3;1-3-2/h2-11,15H,12-14H2,1H3,(H,23,31)(H,24,29)(H,25,30)(H,26,28);4H,1-3H3;3H2,1-2H3/t15-;;/m0../s1. The summed E-state index contributed by atoms with van der Waals surface area (Å²) in [5.41, 5.74) is 1.24. The van der Waals surface area contributed by atoms with Crippen molar-refractivity contribution in [3.05, 3.63) is 71.8 Å². The Morgan fingerprint density at radius 2 is 1.21 bits per heavy atom. The van der Waals surface area contributed by atoms with Gasteiger partial charge < -0.3 is 21.3 Å². The highest BCUT2D eigenvalue weighted by molar-refractivity contribution is 6.37. The maximum atomic E-state index is 12.0. The van der Waals surface area contributed by atoms with E-state index in [2.05, 4.69) is 55.9 Å². The van der Waals surface area contributed by atoms with Gasteiger partial charge in [0.25, 0.3) is 11.8 Å². The van der Waals surface area contributed by atoms with Crippen LogP contribution in [0, 0.1) is 5.92 Å².